The Morgan fingerprint density at radius 2 is 1.96 bits per heavy atom. The fourth-order valence-corrected chi connectivity index (χ4v) is 3.57. The number of thioether (sulfide) groups is 1. The van der Waals surface area contributed by atoms with Crippen molar-refractivity contribution in [2.45, 2.75) is 49.6 Å². The van der Waals surface area contributed by atoms with E-state index in [1.54, 1.807) is 12.4 Å². The number of rotatable bonds is 6. The van der Waals surface area contributed by atoms with E-state index < -0.39 is 0 Å². The van der Waals surface area contributed by atoms with Crippen LogP contribution in [0.4, 0.5) is 0 Å². The fraction of sp³-hybridized carbons (Fsp3) is 0.421. The van der Waals surface area contributed by atoms with Crippen molar-refractivity contribution in [2.24, 2.45) is 0 Å². The van der Waals surface area contributed by atoms with Gasteiger partial charge >= 0.3 is 0 Å². The molecule has 0 saturated heterocycles. The largest absolute Gasteiger partial charge is 0.474 e. The number of aryl methyl sites for hydroxylation is 1. The summed E-state index contributed by atoms with van der Waals surface area (Å²) in [7, 11) is 0. The molecule has 1 fully saturated rings. The van der Waals surface area contributed by atoms with Gasteiger partial charge in [-0.3, -0.25) is 9.78 Å². The summed E-state index contributed by atoms with van der Waals surface area (Å²) in [6, 6.07) is 8.00. The molecule has 2 aromatic rings. The lowest BCUT2D eigenvalue weighted by Crippen LogP contribution is -2.40. The second-order valence-corrected chi connectivity index (χ2v) is 7.35. The van der Waals surface area contributed by atoms with E-state index >= 15 is 0 Å². The van der Waals surface area contributed by atoms with Crippen molar-refractivity contribution in [1.82, 2.24) is 15.3 Å². The topological polar surface area (TPSA) is 64.1 Å². The van der Waals surface area contributed by atoms with Crippen molar-refractivity contribution in [3.8, 4) is 5.88 Å². The molecule has 1 aliphatic rings. The van der Waals surface area contributed by atoms with Crippen LogP contribution in [0.25, 0.3) is 0 Å². The highest BCUT2D eigenvalue weighted by molar-refractivity contribution is 8.00. The molecule has 3 rings (SSSR count). The monoisotopic (exact) mass is 357 g/mol. The Hall–Kier alpha value is -2.08. The lowest BCUT2D eigenvalue weighted by atomic mass is 9.93. The predicted molar refractivity (Wildman–Crippen MR) is 98.7 cm³/mol. The van der Waals surface area contributed by atoms with Crippen LogP contribution in [0.1, 0.15) is 31.2 Å². The van der Waals surface area contributed by atoms with Crippen LogP contribution in [0.5, 0.6) is 5.88 Å². The smallest absolute Gasteiger partial charge is 0.230 e. The number of carbonyl (C=O) groups excluding carboxylic acids is 1. The van der Waals surface area contributed by atoms with Crippen molar-refractivity contribution >= 4 is 17.7 Å². The summed E-state index contributed by atoms with van der Waals surface area (Å²) in [5.41, 5.74) is 1.13. The third-order valence-corrected chi connectivity index (χ3v) is 5.24. The molecule has 1 aliphatic carbocycles. The van der Waals surface area contributed by atoms with E-state index in [1.165, 1.54) is 11.8 Å². The van der Waals surface area contributed by atoms with Gasteiger partial charge in [0.2, 0.25) is 11.8 Å². The predicted octanol–water partition coefficient (Wildman–Crippen LogP) is 3.38. The molecule has 0 bridgehead atoms. The molecule has 5 nitrogen and oxygen atoms in total. The van der Waals surface area contributed by atoms with E-state index in [-0.39, 0.29) is 18.1 Å². The van der Waals surface area contributed by atoms with Gasteiger partial charge in [0, 0.05) is 35.6 Å². The van der Waals surface area contributed by atoms with Gasteiger partial charge < -0.3 is 10.1 Å². The van der Waals surface area contributed by atoms with Crippen molar-refractivity contribution in [2.75, 3.05) is 5.75 Å². The highest BCUT2D eigenvalue weighted by Gasteiger charge is 2.23. The number of pyridine rings is 2. The van der Waals surface area contributed by atoms with Crippen LogP contribution in [-0.2, 0) is 4.79 Å². The summed E-state index contributed by atoms with van der Waals surface area (Å²) < 4.78 is 5.94. The second-order valence-electron chi connectivity index (χ2n) is 6.30. The SMILES string of the molecule is Cc1ccc(OC2CCC(NC(=O)CSc3ccncc3)CC2)nc1. The molecular weight excluding hydrogens is 334 g/mol. The Bertz CT molecular complexity index is 671. The lowest BCUT2D eigenvalue weighted by molar-refractivity contribution is -0.119. The summed E-state index contributed by atoms with van der Waals surface area (Å²) in [4.78, 5) is 21.4. The Kier molecular flexibility index (Phi) is 6.28. The third-order valence-electron chi connectivity index (χ3n) is 4.23. The molecule has 2 heterocycles. The Morgan fingerprint density at radius 3 is 2.64 bits per heavy atom. The van der Waals surface area contributed by atoms with Gasteiger partial charge in [0.05, 0.1) is 5.75 Å². The van der Waals surface area contributed by atoms with E-state index in [0.717, 1.165) is 36.1 Å². The van der Waals surface area contributed by atoms with Crippen molar-refractivity contribution in [1.29, 1.82) is 0 Å². The molecule has 0 aromatic carbocycles. The van der Waals surface area contributed by atoms with Crippen LogP contribution in [-0.4, -0.2) is 33.8 Å². The molecule has 1 amide bonds. The number of nitrogens with zero attached hydrogens (tertiary/aromatic N) is 2. The molecule has 0 unspecified atom stereocenters. The molecule has 0 atom stereocenters. The first-order chi connectivity index (χ1) is 12.2. The second kappa shape index (κ2) is 8.85. The zero-order valence-electron chi connectivity index (χ0n) is 14.4. The Morgan fingerprint density at radius 1 is 1.20 bits per heavy atom. The van der Waals surface area contributed by atoms with Crippen molar-refractivity contribution in [3.05, 3.63) is 48.4 Å². The number of hydrogen-bond acceptors (Lipinski definition) is 5. The van der Waals surface area contributed by atoms with Crippen LogP contribution < -0.4 is 10.1 Å². The first-order valence-electron chi connectivity index (χ1n) is 8.60. The van der Waals surface area contributed by atoms with Gasteiger partial charge in [-0.05, 0) is 50.3 Å². The first-order valence-corrected chi connectivity index (χ1v) is 9.59. The molecular formula is C19H23N3O2S. The minimum atomic E-state index is 0.0892. The summed E-state index contributed by atoms with van der Waals surface area (Å²) >= 11 is 1.54. The highest BCUT2D eigenvalue weighted by atomic mass is 32.2. The third kappa shape index (κ3) is 5.74. The maximum Gasteiger partial charge on any atom is 0.230 e. The number of nitrogens with one attached hydrogen (secondary N) is 1. The zero-order chi connectivity index (χ0) is 17.5. The molecule has 0 spiro atoms. The van der Waals surface area contributed by atoms with E-state index in [4.69, 9.17) is 4.74 Å². The number of ether oxygens (including phenoxy) is 1. The van der Waals surface area contributed by atoms with Gasteiger partial charge in [-0.1, -0.05) is 6.07 Å². The summed E-state index contributed by atoms with van der Waals surface area (Å²) in [6.07, 6.45) is 9.27. The number of hydrogen-bond donors (Lipinski definition) is 1. The van der Waals surface area contributed by atoms with Gasteiger partial charge in [-0.25, -0.2) is 4.98 Å². The standard InChI is InChI=1S/C19H23N3O2S/c1-14-2-7-19(21-12-14)24-16-5-3-15(4-6-16)22-18(23)13-25-17-8-10-20-11-9-17/h2,7-12,15-16H,3-6,13H2,1H3,(H,22,23). The average molecular weight is 357 g/mol. The zero-order valence-corrected chi connectivity index (χ0v) is 15.2. The van der Waals surface area contributed by atoms with Gasteiger partial charge in [-0.15, -0.1) is 11.8 Å². The van der Waals surface area contributed by atoms with Crippen molar-refractivity contribution < 1.29 is 9.53 Å². The molecule has 132 valence electrons. The van der Waals surface area contributed by atoms with Gasteiger partial charge in [0.1, 0.15) is 6.10 Å². The van der Waals surface area contributed by atoms with Crippen LogP contribution in [0.3, 0.4) is 0 Å². The van der Waals surface area contributed by atoms with Crippen LogP contribution in [0.2, 0.25) is 0 Å². The number of aromatic nitrogens is 2. The van der Waals surface area contributed by atoms with E-state index in [9.17, 15) is 4.79 Å². The Labute approximate surface area is 152 Å². The molecule has 0 radical (unpaired) electrons. The van der Waals surface area contributed by atoms with Gasteiger partial charge in [0.25, 0.3) is 0 Å². The first kappa shape index (κ1) is 17.7. The van der Waals surface area contributed by atoms with Crippen LogP contribution in [0, 0.1) is 6.92 Å². The van der Waals surface area contributed by atoms with Crippen LogP contribution >= 0.6 is 11.8 Å². The molecule has 1 N–H and O–H groups in total. The molecule has 6 heteroatoms. The molecule has 1 saturated carbocycles. The minimum absolute atomic E-state index is 0.0892. The highest BCUT2D eigenvalue weighted by Crippen LogP contribution is 2.23. The van der Waals surface area contributed by atoms with Crippen molar-refractivity contribution in [3.63, 3.8) is 0 Å². The Balaban J connectivity index is 1.37. The minimum Gasteiger partial charge on any atom is -0.474 e. The van der Waals surface area contributed by atoms with Gasteiger partial charge in [-0.2, -0.15) is 0 Å². The number of carbonyl (C=O) groups is 1. The maximum absolute atomic E-state index is 12.1. The summed E-state index contributed by atoms with van der Waals surface area (Å²) in [5.74, 6) is 1.21. The quantitative estimate of drug-likeness (QED) is 0.803. The molecule has 2 aromatic heterocycles. The van der Waals surface area contributed by atoms with E-state index in [1.807, 2.05) is 37.4 Å². The number of amides is 1. The lowest BCUT2D eigenvalue weighted by Gasteiger charge is -2.29. The summed E-state index contributed by atoms with van der Waals surface area (Å²) in [6.45, 7) is 2.01. The van der Waals surface area contributed by atoms with Crippen LogP contribution in [0.15, 0.2) is 47.8 Å². The fourth-order valence-electron chi connectivity index (χ4n) is 2.87. The molecule has 25 heavy (non-hydrogen) atoms. The molecule has 0 aliphatic heterocycles. The van der Waals surface area contributed by atoms with E-state index in [2.05, 4.69) is 15.3 Å². The van der Waals surface area contributed by atoms with Gasteiger partial charge in [0.15, 0.2) is 0 Å². The maximum atomic E-state index is 12.1. The van der Waals surface area contributed by atoms with E-state index in [0.29, 0.717) is 11.6 Å². The normalized spacial score (nSPS) is 20.0. The average Bonchev–Trinajstić information content (AvgIpc) is 2.64. The summed E-state index contributed by atoms with van der Waals surface area (Å²) in [5, 5.41) is 3.13.